The average molecular weight is 765 g/mol. The number of anilines is 2. The minimum Gasteiger partial charge on any atom is -0.508 e. The van der Waals surface area contributed by atoms with Crippen molar-refractivity contribution in [3.8, 4) is 11.4 Å². The lowest BCUT2D eigenvalue weighted by molar-refractivity contribution is 0.122. The van der Waals surface area contributed by atoms with Crippen molar-refractivity contribution in [1.82, 2.24) is 19.4 Å². The molecule has 2 N–H and O–H groups in total. The van der Waals surface area contributed by atoms with E-state index in [0.717, 1.165) is 69.6 Å². The molecule has 3 aliphatic heterocycles. The summed E-state index contributed by atoms with van der Waals surface area (Å²) in [7, 11) is 0. The average Bonchev–Trinajstić information content (AvgIpc) is 3.25. The molecule has 1 aromatic heterocycles. The van der Waals surface area contributed by atoms with E-state index in [1.807, 2.05) is 24.3 Å². The number of aromatic hydroxyl groups is 1. The van der Waals surface area contributed by atoms with Gasteiger partial charge in [-0.3, -0.25) is 19.2 Å². The number of nitrogens with one attached hydrogen (secondary N) is 1. The number of phenolic OH excluding ortho intramolecular Hbond substituents is 1. The van der Waals surface area contributed by atoms with E-state index in [4.69, 9.17) is 0 Å². The molecule has 9 rings (SSSR count). The lowest BCUT2D eigenvalue weighted by Gasteiger charge is -2.41. The zero-order valence-electron chi connectivity index (χ0n) is 33.0. The molecule has 0 saturated carbocycles. The molecular weight excluding hydrogens is 709 g/mol. The number of H-pyrrole nitrogens is 1. The maximum atomic E-state index is 12.2. The fourth-order valence-electron chi connectivity index (χ4n) is 10.3. The number of aromatic nitrogens is 2. The van der Waals surface area contributed by atoms with Crippen LogP contribution in [-0.2, 0) is 6.42 Å². The van der Waals surface area contributed by atoms with E-state index >= 15 is 0 Å². The Morgan fingerprint density at radius 2 is 1.18 bits per heavy atom. The number of aryl methyl sites for hydroxylation is 1. The van der Waals surface area contributed by atoms with Gasteiger partial charge in [0.05, 0.1) is 5.69 Å². The van der Waals surface area contributed by atoms with Gasteiger partial charge in [-0.2, -0.15) is 0 Å². The van der Waals surface area contributed by atoms with Crippen molar-refractivity contribution in [2.45, 2.75) is 50.4 Å². The van der Waals surface area contributed by atoms with E-state index in [-0.39, 0.29) is 11.5 Å². The highest BCUT2D eigenvalue weighted by atomic mass is 16.3. The molecule has 0 radical (unpaired) electrons. The second-order valence-corrected chi connectivity index (χ2v) is 17.0. The standard InChI is InChI=1S/C48H56N6O3/c55-43-15-17-45-39(32-43)8-16-44(37-4-2-1-3-5-37)47(45)38-6-9-40(10-7-38)52-25-20-36(21-26-52)33-50-23-18-35(19-24-50)34-51-28-30-53(31-29-51)41-11-13-42(14-12-41)54-27-22-46(56)49-48(54)57/h1-7,9-15,17,22,27,32,35-36,44,47,55H,8,16,18-21,23-26,28-31,33-34H2,(H,49,56,57)/t44-,47+/m1/s1. The second kappa shape index (κ2) is 16.8. The Balaban J connectivity index is 0.718. The number of benzene rings is 4. The molecule has 4 aliphatic rings. The third kappa shape index (κ3) is 8.46. The van der Waals surface area contributed by atoms with E-state index in [0.29, 0.717) is 11.7 Å². The number of piperazine rings is 1. The van der Waals surface area contributed by atoms with Crippen LogP contribution in [0, 0.1) is 11.8 Å². The van der Waals surface area contributed by atoms with Crippen LogP contribution in [0.1, 0.15) is 66.2 Å². The predicted molar refractivity (Wildman–Crippen MR) is 229 cm³/mol. The zero-order valence-corrected chi connectivity index (χ0v) is 33.0. The molecule has 5 aromatic rings. The maximum Gasteiger partial charge on any atom is 0.332 e. The Morgan fingerprint density at radius 3 is 1.84 bits per heavy atom. The second-order valence-electron chi connectivity index (χ2n) is 17.0. The van der Waals surface area contributed by atoms with E-state index in [1.54, 1.807) is 0 Å². The van der Waals surface area contributed by atoms with E-state index in [1.165, 1.54) is 102 Å². The molecule has 9 heteroatoms. The Bertz CT molecular complexity index is 2210. The summed E-state index contributed by atoms with van der Waals surface area (Å²) in [6, 6.07) is 35.9. The van der Waals surface area contributed by atoms with Gasteiger partial charge < -0.3 is 19.8 Å². The van der Waals surface area contributed by atoms with E-state index in [2.05, 4.69) is 97.4 Å². The van der Waals surface area contributed by atoms with Crippen LogP contribution in [-0.4, -0.2) is 89.9 Å². The van der Waals surface area contributed by atoms with Crippen molar-refractivity contribution in [1.29, 1.82) is 0 Å². The number of nitrogens with zero attached hydrogens (tertiary/aromatic N) is 5. The van der Waals surface area contributed by atoms with Gasteiger partial charge in [-0.25, -0.2) is 4.79 Å². The molecule has 0 bridgehead atoms. The smallest absolute Gasteiger partial charge is 0.332 e. The molecular formula is C48H56N6O3. The Kier molecular flexibility index (Phi) is 11.0. The minimum atomic E-state index is -0.419. The quantitative estimate of drug-likeness (QED) is 0.170. The van der Waals surface area contributed by atoms with Gasteiger partial charge in [-0.05, 0) is 140 Å². The number of hydrogen-bond acceptors (Lipinski definition) is 7. The van der Waals surface area contributed by atoms with E-state index < -0.39 is 5.69 Å². The summed E-state index contributed by atoms with van der Waals surface area (Å²) < 4.78 is 1.46. The number of fused-ring (bicyclic) bond motifs is 1. The third-order valence-corrected chi connectivity index (χ3v) is 13.5. The van der Waals surface area contributed by atoms with Crippen molar-refractivity contribution >= 4 is 11.4 Å². The lowest BCUT2D eigenvalue weighted by atomic mass is 9.69. The molecule has 4 aromatic carbocycles. The number of rotatable bonds is 9. The molecule has 0 unspecified atom stereocenters. The first-order chi connectivity index (χ1) is 27.9. The SMILES string of the molecule is O=c1ccn(-c2ccc(N3CCN(CC4CCN(CC5CCN(c6ccc([C@@H]7c8ccc(O)cc8CC[C@@H]7c7ccccc7)cc6)CC5)CC4)CC3)cc2)c(=O)[nH]1. The minimum absolute atomic E-state index is 0.285. The number of aromatic amines is 1. The van der Waals surface area contributed by atoms with Crippen molar-refractivity contribution < 1.29 is 5.11 Å². The number of piperidine rings is 2. The summed E-state index contributed by atoms with van der Waals surface area (Å²) in [5.41, 5.74) is 7.87. The number of likely N-dealkylation sites (tertiary alicyclic amines) is 1. The van der Waals surface area contributed by atoms with Crippen LogP contribution < -0.4 is 21.0 Å². The van der Waals surface area contributed by atoms with Crippen LogP contribution in [0.3, 0.4) is 0 Å². The van der Waals surface area contributed by atoms with Gasteiger partial charge >= 0.3 is 5.69 Å². The molecule has 9 nitrogen and oxygen atoms in total. The highest BCUT2D eigenvalue weighted by Gasteiger charge is 2.33. The van der Waals surface area contributed by atoms with Gasteiger partial charge in [0.25, 0.3) is 5.56 Å². The molecule has 0 spiro atoms. The molecule has 1 aliphatic carbocycles. The Labute approximate surface area is 336 Å². The lowest BCUT2D eigenvalue weighted by Crippen LogP contribution is -2.49. The van der Waals surface area contributed by atoms with Crippen LogP contribution in [0.2, 0.25) is 0 Å². The summed E-state index contributed by atoms with van der Waals surface area (Å²) in [5, 5.41) is 10.2. The summed E-state index contributed by atoms with van der Waals surface area (Å²) in [4.78, 5) is 36.4. The monoisotopic (exact) mass is 764 g/mol. The van der Waals surface area contributed by atoms with Gasteiger partial charge in [0.1, 0.15) is 5.75 Å². The summed E-state index contributed by atoms with van der Waals surface area (Å²) in [6.45, 7) is 11.3. The van der Waals surface area contributed by atoms with Crippen LogP contribution in [0.15, 0.2) is 119 Å². The van der Waals surface area contributed by atoms with Gasteiger partial charge in [0, 0.05) is 81.9 Å². The highest BCUT2D eigenvalue weighted by molar-refractivity contribution is 5.53. The first-order valence-electron chi connectivity index (χ1n) is 21.3. The molecule has 296 valence electrons. The normalized spacial score (nSPS) is 21.4. The van der Waals surface area contributed by atoms with Gasteiger partial charge in [0.2, 0.25) is 0 Å². The topological polar surface area (TPSA) is 88.1 Å². The molecule has 0 amide bonds. The van der Waals surface area contributed by atoms with Crippen molar-refractivity contribution in [3.05, 3.63) is 152 Å². The predicted octanol–water partition coefficient (Wildman–Crippen LogP) is 6.84. The molecule has 4 heterocycles. The van der Waals surface area contributed by atoms with E-state index in [9.17, 15) is 14.7 Å². The zero-order chi connectivity index (χ0) is 38.7. The molecule has 57 heavy (non-hydrogen) atoms. The fraction of sp³-hybridized carbons (Fsp3) is 0.417. The van der Waals surface area contributed by atoms with Crippen molar-refractivity contribution in [3.63, 3.8) is 0 Å². The van der Waals surface area contributed by atoms with Gasteiger partial charge in [-0.15, -0.1) is 0 Å². The van der Waals surface area contributed by atoms with Gasteiger partial charge in [0.15, 0.2) is 0 Å². The first kappa shape index (κ1) is 37.5. The molecule has 3 fully saturated rings. The fourth-order valence-corrected chi connectivity index (χ4v) is 10.3. The maximum absolute atomic E-state index is 12.2. The highest BCUT2D eigenvalue weighted by Crippen LogP contribution is 2.47. The molecule has 2 atom stereocenters. The van der Waals surface area contributed by atoms with Crippen LogP contribution in [0.4, 0.5) is 11.4 Å². The summed E-state index contributed by atoms with van der Waals surface area (Å²) in [5.74, 6) is 2.63. The van der Waals surface area contributed by atoms with Crippen molar-refractivity contribution in [2.24, 2.45) is 11.8 Å². The molecule has 3 saturated heterocycles. The first-order valence-corrected chi connectivity index (χ1v) is 21.3. The van der Waals surface area contributed by atoms with Crippen LogP contribution >= 0.6 is 0 Å². The largest absolute Gasteiger partial charge is 0.508 e. The third-order valence-electron chi connectivity index (χ3n) is 13.5. The number of hydrogen-bond donors (Lipinski definition) is 2. The summed E-state index contributed by atoms with van der Waals surface area (Å²) in [6.07, 6.45) is 8.73. The summed E-state index contributed by atoms with van der Waals surface area (Å²) >= 11 is 0. The van der Waals surface area contributed by atoms with Crippen LogP contribution in [0.5, 0.6) is 5.75 Å². The van der Waals surface area contributed by atoms with Gasteiger partial charge in [-0.1, -0.05) is 48.5 Å². The Hall–Kier alpha value is -5.12. The number of phenols is 1. The van der Waals surface area contributed by atoms with Crippen LogP contribution in [0.25, 0.3) is 5.69 Å². The Morgan fingerprint density at radius 1 is 0.579 bits per heavy atom. The van der Waals surface area contributed by atoms with Crippen molar-refractivity contribution in [2.75, 3.05) is 75.2 Å².